The molecule has 6 heteroatoms. The third-order valence-corrected chi connectivity index (χ3v) is 1.98. The number of amides is 1. The molecule has 0 spiro atoms. The number of aliphatic carboxylic acids is 1. The van der Waals surface area contributed by atoms with E-state index in [4.69, 9.17) is 9.84 Å². The molecule has 0 saturated heterocycles. The Balaban J connectivity index is 4.33. The van der Waals surface area contributed by atoms with Crippen LogP contribution < -0.4 is 5.32 Å². The van der Waals surface area contributed by atoms with Crippen molar-refractivity contribution in [1.82, 2.24) is 5.32 Å². The molecule has 0 aromatic carbocycles. The molecule has 0 heterocycles. The lowest BCUT2D eigenvalue weighted by atomic mass is 10.1. The van der Waals surface area contributed by atoms with Crippen molar-refractivity contribution in [3.63, 3.8) is 0 Å². The van der Waals surface area contributed by atoms with Gasteiger partial charge in [-0.3, -0.25) is 14.4 Å². The lowest BCUT2D eigenvalue weighted by Gasteiger charge is -2.23. The minimum Gasteiger partial charge on any atom is -0.481 e. The Morgan fingerprint density at radius 1 is 1.31 bits per heavy atom. The Bertz CT molecular complexity index is 276. The van der Waals surface area contributed by atoms with Crippen LogP contribution in [-0.4, -0.2) is 35.1 Å². The molecule has 2 N–H and O–H groups in total. The first-order chi connectivity index (χ1) is 7.32. The van der Waals surface area contributed by atoms with Crippen LogP contribution in [0.25, 0.3) is 0 Å². The van der Waals surface area contributed by atoms with E-state index in [1.54, 1.807) is 6.92 Å². The number of esters is 1. The summed E-state index contributed by atoms with van der Waals surface area (Å²) < 4.78 is 4.90. The topological polar surface area (TPSA) is 92.7 Å². The summed E-state index contributed by atoms with van der Waals surface area (Å²) in [5.74, 6) is -1.70. The van der Waals surface area contributed by atoms with Gasteiger partial charge < -0.3 is 15.2 Å². The Kier molecular flexibility index (Phi) is 6.14. The van der Waals surface area contributed by atoms with E-state index < -0.39 is 24.1 Å². The highest BCUT2D eigenvalue weighted by Crippen LogP contribution is 2.07. The van der Waals surface area contributed by atoms with Crippen LogP contribution in [0.4, 0.5) is 0 Å². The predicted octanol–water partition coefficient (Wildman–Crippen LogP) is 0.307. The second kappa shape index (κ2) is 6.81. The average Bonchev–Trinajstić information content (AvgIpc) is 2.09. The smallest absolute Gasteiger partial charge is 0.303 e. The van der Waals surface area contributed by atoms with Crippen LogP contribution in [-0.2, 0) is 19.1 Å². The van der Waals surface area contributed by atoms with E-state index in [-0.39, 0.29) is 18.7 Å². The van der Waals surface area contributed by atoms with Gasteiger partial charge in [0.1, 0.15) is 6.10 Å². The maximum atomic E-state index is 10.9. The van der Waals surface area contributed by atoms with Gasteiger partial charge in [-0.15, -0.1) is 0 Å². The molecule has 0 radical (unpaired) electrons. The lowest BCUT2D eigenvalue weighted by Crippen LogP contribution is -2.43. The highest BCUT2D eigenvalue weighted by atomic mass is 16.5. The summed E-state index contributed by atoms with van der Waals surface area (Å²) in [6.45, 7) is 4.20. The summed E-state index contributed by atoms with van der Waals surface area (Å²) in [5, 5.41) is 11.1. The van der Waals surface area contributed by atoms with Crippen molar-refractivity contribution in [1.29, 1.82) is 0 Å². The molecule has 2 atom stereocenters. The van der Waals surface area contributed by atoms with Crippen molar-refractivity contribution >= 4 is 17.8 Å². The molecule has 0 bridgehead atoms. The minimum atomic E-state index is -0.953. The zero-order valence-corrected chi connectivity index (χ0v) is 9.65. The molecule has 0 saturated carbocycles. The number of carboxylic acids is 1. The molecule has 0 aliphatic carbocycles. The van der Waals surface area contributed by atoms with Crippen LogP contribution in [0.1, 0.15) is 33.6 Å². The van der Waals surface area contributed by atoms with Gasteiger partial charge in [-0.1, -0.05) is 0 Å². The first-order valence-electron chi connectivity index (χ1n) is 4.99. The van der Waals surface area contributed by atoms with Crippen molar-refractivity contribution in [2.24, 2.45) is 0 Å². The fraction of sp³-hybridized carbons (Fsp3) is 0.700. The van der Waals surface area contributed by atoms with Gasteiger partial charge in [0.25, 0.3) is 0 Å². The highest BCUT2D eigenvalue weighted by Gasteiger charge is 2.21. The molecule has 0 fully saturated rings. The molecule has 0 aliphatic rings. The van der Waals surface area contributed by atoms with E-state index in [9.17, 15) is 14.4 Å². The first-order valence-corrected chi connectivity index (χ1v) is 4.99. The number of hydrogen-bond donors (Lipinski definition) is 2. The number of ether oxygens (including phenoxy) is 1. The van der Waals surface area contributed by atoms with Crippen molar-refractivity contribution in [3.05, 3.63) is 0 Å². The number of carbonyl (C=O) groups is 3. The van der Waals surface area contributed by atoms with E-state index in [0.717, 1.165) is 0 Å². The van der Waals surface area contributed by atoms with E-state index in [2.05, 4.69) is 5.32 Å². The minimum absolute atomic E-state index is 0.0868. The number of hydrogen-bond acceptors (Lipinski definition) is 4. The molecular formula is C10H17NO5. The zero-order valence-electron chi connectivity index (χ0n) is 9.65. The average molecular weight is 231 g/mol. The number of rotatable bonds is 6. The normalized spacial score (nSPS) is 13.7. The summed E-state index contributed by atoms with van der Waals surface area (Å²) in [5.41, 5.74) is 0. The molecular weight excluding hydrogens is 214 g/mol. The molecule has 16 heavy (non-hydrogen) atoms. The fourth-order valence-electron chi connectivity index (χ4n) is 1.31. The summed E-state index contributed by atoms with van der Waals surface area (Å²) in [6, 6.07) is -0.475. The van der Waals surface area contributed by atoms with E-state index >= 15 is 0 Å². The monoisotopic (exact) mass is 231 g/mol. The van der Waals surface area contributed by atoms with Gasteiger partial charge in [-0.05, 0) is 13.3 Å². The van der Waals surface area contributed by atoms with Gasteiger partial charge in [0.2, 0.25) is 5.91 Å². The van der Waals surface area contributed by atoms with Crippen LogP contribution in [0, 0.1) is 0 Å². The third-order valence-electron chi connectivity index (χ3n) is 1.98. The summed E-state index contributed by atoms with van der Waals surface area (Å²) in [6.07, 6.45) is -0.402. The summed E-state index contributed by atoms with van der Waals surface area (Å²) in [7, 11) is 0. The first kappa shape index (κ1) is 14.4. The van der Waals surface area contributed by atoms with Gasteiger partial charge in [-0.2, -0.15) is 0 Å². The molecule has 6 nitrogen and oxygen atoms in total. The van der Waals surface area contributed by atoms with Crippen LogP contribution >= 0.6 is 0 Å². The molecule has 0 aliphatic heterocycles. The van der Waals surface area contributed by atoms with Gasteiger partial charge in [0.15, 0.2) is 0 Å². The maximum Gasteiger partial charge on any atom is 0.303 e. The summed E-state index contributed by atoms with van der Waals surface area (Å²) in [4.78, 5) is 32.0. The Morgan fingerprint density at radius 2 is 1.88 bits per heavy atom. The molecule has 1 amide bonds. The van der Waals surface area contributed by atoms with Crippen LogP contribution in [0.15, 0.2) is 0 Å². The van der Waals surface area contributed by atoms with Gasteiger partial charge >= 0.3 is 11.9 Å². The quantitative estimate of drug-likeness (QED) is 0.642. The second-order valence-corrected chi connectivity index (χ2v) is 3.55. The zero-order chi connectivity index (χ0) is 12.7. The largest absolute Gasteiger partial charge is 0.481 e. The Hall–Kier alpha value is -1.59. The number of carboxylic acid groups (broad SMARTS) is 1. The van der Waals surface area contributed by atoms with Gasteiger partial charge in [0, 0.05) is 20.3 Å². The number of carbonyl (C=O) groups excluding carboxylic acids is 2. The van der Waals surface area contributed by atoms with Crippen molar-refractivity contribution < 1.29 is 24.2 Å². The van der Waals surface area contributed by atoms with E-state index in [0.29, 0.717) is 0 Å². The molecule has 0 unspecified atom stereocenters. The van der Waals surface area contributed by atoms with Crippen LogP contribution in [0.3, 0.4) is 0 Å². The summed E-state index contributed by atoms with van der Waals surface area (Å²) >= 11 is 0. The van der Waals surface area contributed by atoms with Gasteiger partial charge in [0.05, 0.1) is 6.04 Å². The Labute approximate surface area is 94.0 Å². The number of nitrogens with one attached hydrogen (secondary N) is 1. The van der Waals surface area contributed by atoms with Crippen LogP contribution in [0.5, 0.6) is 0 Å². The van der Waals surface area contributed by atoms with Gasteiger partial charge in [-0.25, -0.2) is 0 Å². The lowest BCUT2D eigenvalue weighted by molar-refractivity contribution is -0.148. The third kappa shape index (κ3) is 6.80. The van der Waals surface area contributed by atoms with E-state index in [1.807, 2.05) is 0 Å². The van der Waals surface area contributed by atoms with Crippen LogP contribution in [0.2, 0.25) is 0 Å². The second-order valence-electron chi connectivity index (χ2n) is 3.55. The van der Waals surface area contributed by atoms with E-state index in [1.165, 1.54) is 13.8 Å². The SMILES string of the molecule is CC(=O)N[C@H](CCC(=O)O)[C@@H](C)OC(C)=O. The Morgan fingerprint density at radius 3 is 2.25 bits per heavy atom. The van der Waals surface area contributed by atoms with Crippen molar-refractivity contribution in [2.75, 3.05) is 0 Å². The molecule has 0 aromatic rings. The predicted molar refractivity (Wildman–Crippen MR) is 55.7 cm³/mol. The molecule has 0 aromatic heterocycles. The molecule has 92 valence electrons. The highest BCUT2D eigenvalue weighted by molar-refractivity contribution is 5.73. The fourth-order valence-corrected chi connectivity index (χ4v) is 1.31. The van der Waals surface area contributed by atoms with Crippen molar-refractivity contribution in [2.45, 2.75) is 45.8 Å². The maximum absolute atomic E-state index is 10.9. The van der Waals surface area contributed by atoms with Crippen molar-refractivity contribution in [3.8, 4) is 0 Å². The molecule has 0 rings (SSSR count). The standard InChI is InChI=1S/C10H17NO5/c1-6(16-8(3)13)9(11-7(2)12)4-5-10(14)15/h6,9H,4-5H2,1-3H3,(H,11,12)(H,14,15)/t6-,9-/m1/s1.